The molecule has 0 saturated carbocycles. The van der Waals surface area contributed by atoms with Crippen molar-refractivity contribution in [1.29, 1.82) is 0 Å². The first-order valence-corrected chi connectivity index (χ1v) is 11.0. The van der Waals surface area contributed by atoms with E-state index in [4.69, 9.17) is 25.3 Å². The van der Waals surface area contributed by atoms with Crippen molar-refractivity contribution >= 4 is 35.8 Å². The minimum Gasteiger partial charge on any atom is -0.457 e. The van der Waals surface area contributed by atoms with Gasteiger partial charge in [0.25, 0.3) is 5.69 Å². The molecular weight excluding hydrogens is 411 g/mol. The molecule has 1 unspecified atom stereocenters. The molecule has 0 spiro atoms. The molecule has 6 nitrogen and oxygen atoms in total. The van der Waals surface area contributed by atoms with Crippen LogP contribution in [-0.2, 0) is 0 Å². The number of hydrogen-bond donors (Lipinski definition) is 0. The summed E-state index contributed by atoms with van der Waals surface area (Å²) in [4.78, 5) is 11.1. The van der Waals surface area contributed by atoms with Gasteiger partial charge in [-0.1, -0.05) is 50.6 Å². The van der Waals surface area contributed by atoms with Gasteiger partial charge in [-0.2, -0.15) is 0 Å². The van der Waals surface area contributed by atoms with Crippen LogP contribution in [0.5, 0.6) is 5.75 Å². The van der Waals surface area contributed by atoms with E-state index in [1.807, 2.05) is 39.8 Å². The minimum atomic E-state index is -2.95. The Labute approximate surface area is 174 Å². The number of nitrogens with zero attached hydrogens (tertiary/aromatic N) is 2. The fourth-order valence-corrected chi connectivity index (χ4v) is 5.93. The van der Waals surface area contributed by atoms with E-state index in [2.05, 4.69) is 0 Å². The van der Waals surface area contributed by atoms with E-state index < -0.39 is 17.4 Å². The maximum absolute atomic E-state index is 11.6. The normalized spacial score (nSPS) is 13.6. The summed E-state index contributed by atoms with van der Waals surface area (Å²) in [5.74, 6) is 1.23. The molecule has 8 heteroatoms. The smallest absolute Gasteiger partial charge is 0.294 e. The molecule has 0 saturated heterocycles. The first-order chi connectivity index (χ1) is 13.6. The topological polar surface area (TPSA) is 77.9 Å². The van der Waals surface area contributed by atoms with Crippen molar-refractivity contribution in [3.05, 3.63) is 81.6 Å². The Bertz CT molecular complexity index is 1100. The standard InChI is InChI=1S/C21H22ClN2O4P/c1-15-12-13-20(27-15)29(21(2,3)4,28-17-9-7-8-16(22)14-17)23-18-10-5-6-11-19(18)24(25)26/h5-14H,1-4H3. The van der Waals surface area contributed by atoms with Crippen molar-refractivity contribution in [3.8, 4) is 5.75 Å². The molecule has 3 rings (SSSR count). The van der Waals surface area contributed by atoms with E-state index in [0.717, 1.165) is 0 Å². The summed E-state index contributed by atoms with van der Waals surface area (Å²) in [5.41, 5.74) is 0.719. The van der Waals surface area contributed by atoms with Crippen LogP contribution in [0.15, 0.2) is 69.8 Å². The zero-order valence-corrected chi connectivity index (χ0v) is 18.3. The molecule has 1 aromatic heterocycles. The molecule has 0 bridgehead atoms. The summed E-state index contributed by atoms with van der Waals surface area (Å²) in [7, 11) is -2.95. The lowest BCUT2D eigenvalue weighted by Crippen LogP contribution is -2.26. The highest BCUT2D eigenvalue weighted by molar-refractivity contribution is 7.70. The fourth-order valence-electron chi connectivity index (χ4n) is 2.85. The predicted molar refractivity (Wildman–Crippen MR) is 117 cm³/mol. The second-order valence-electron chi connectivity index (χ2n) is 7.53. The lowest BCUT2D eigenvalue weighted by Gasteiger charge is -2.35. The van der Waals surface area contributed by atoms with Crippen molar-refractivity contribution in [2.45, 2.75) is 32.9 Å². The monoisotopic (exact) mass is 432 g/mol. The average Bonchev–Trinajstić information content (AvgIpc) is 3.07. The molecule has 3 aromatic rings. The van der Waals surface area contributed by atoms with Crippen LogP contribution >= 0.6 is 18.9 Å². The van der Waals surface area contributed by atoms with E-state index in [0.29, 0.717) is 22.0 Å². The van der Waals surface area contributed by atoms with Gasteiger partial charge in [-0.3, -0.25) is 10.1 Å². The molecule has 0 fully saturated rings. The highest BCUT2D eigenvalue weighted by atomic mass is 35.5. The predicted octanol–water partition coefficient (Wildman–Crippen LogP) is 7.10. The number of benzene rings is 2. The molecule has 2 aromatic carbocycles. The summed E-state index contributed by atoms with van der Waals surface area (Å²) < 4.78 is 17.4. The number of rotatable bonds is 5. The average molecular weight is 433 g/mol. The van der Waals surface area contributed by atoms with Gasteiger partial charge in [0, 0.05) is 16.2 Å². The number of nitro groups is 1. The Hall–Kier alpha value is -2.56. The number of furan rings is 1. The first kappa shape index (κ1) is 21.2. The molecule has 152 valence electrons. The van der Waals surface area contributed by atoms with Crippen LogP contribution in [0, 0.1) is 17.0 Å². The molecule has 0 aliphatic carbocycles. The van der Waals surface area contributed by atoms with E-state index in [9.17, 15) is 10.1 Å². The van der Waals surface area contributed by atoms with Gasteiger partial charge < -0.3 is 8.94 Å². The van der Waals surface area contributed by atoms with E-state index in [1.165, 1.54) is 6.07 Å². The SMILES string of the molecule is Cc1ccc(P(=Nc2ccccc2[N+](=O)[O-])(Oc2cccc(Cl)c2)C(C)(C)C)o1. The van der Waals surface area contributed by atoms with Crippen molar-refractivity contribution in [2.75, 3.05) is 0 Å². The van der Waals surface area contributed by atoms with Crippen LogP contribution in [-0.4, -0.2) is 10.1 Å². The minimum absolute atomic E-state index is 0.0842. The number of halogens is 1. The lowest BCUT2D eigenvalue weighted by atomic mass is 10.3. The Morgan fingerprint density at radius 3 is 2.41 bits per heavy atom. The van der Waals surface area contributed by atoms with Gasteiger partial charge in [0.15, 0.2) is 5.50 Å². The fraction of sp³-hybridized carbons (Fsp3) is 0.238. The Kier molecular flexibility index (Phi) is 5.87. The maximum Gasteiger partial charge on any atom is 0.294 e. The van der Waals surface area contributed by atoms with Gasteiger partial charge >= 0.3 is 0 Å². The number of aryl methyl sites for hydroxylation is 1. The van der Waals surface area contributed by atoms with Crippen LogP contribution in [0.25, 0.3) is 0 Å². The van der Waals surface area contributed by atoms with Crippen molar-refractivity contribution < 1.29 is 13.9 Å². The molecule has 1 heterocycles. The quantitative estimate of drug-likeness (QED) is 0.244. The van der Waals surface area contributed by atoms with Gasteiger partial charge in [-0.15, -0.1) is 0 Å². The third-order valence-corrected chi connectivity index (χ3v) is 8.16. The Balaban J connectivity index is 2.35. The van der Waals surface area contributed by atoms with Crippen LogP contribution in [0.2, 0.25) is 5.02 Å². The number of para-hydroxylation sites is 1. The molecule has 0 radical (unpaired) electrons. The van der Waals surface area contributed by atoms with Gasteiger partial charge in [-0.25, -0.2) is 4.74 Å². The Morgan fingerprint density at radius 2 is 1.83 bits per heavy atom. The highest BCUT2D eigenvalue weighted by Gasteiger charge is 2.42. The Morgan fingerprint density at radius 1 is 1.10 bits per heavy atom. The maximum atomic E-state index is 11.6. The number of hydrogen-bond acceptors (Lipinski definition) is 5. The van der Waals surface area contributed by atoms with Gasteiger partial charge in [-0.05, 0) is 43.3 Å². The van der Waals surface area contributed by atoms with Crippen LogP contribution < -0.4 is 10.0 Å². The third kappa shape index (κ3) is 4.39. The van der Waals surface area contributed by atoms with Gasteiger partial charge in [0.1, 0.15) is 17.2 Å². The van der Waals surface area contributed by atoms with E-state index in [1.54, 1.807) is 42.5 Å². The second kappa shape index (κ2) is 8.05. The van der Waals surface area contributed by atoms with Gasteiger partial charge in [0.05, 0.1) is 4.92 Å². The second-order valence-corrected chi connectivity index (χ2v) is 11.3. The molecule has 0 aliphatic rings. The molecular formula is C21H22ClN2O4P. The molecule has 0 amide bonds. The molecule has 1 atom stereocenters. The highest BCUT2D eigenvalue weighted by Crippen LogP contribution is 2.62. The van der Waals surface area contributed by atoms with Crippen LogP contribution in [0.4, 0.5) is 11.4 Å². The molecule has 0 aliphatic heterocycles. The van der Waals surface area contributed by atoms with Crippen LogP contribution in [0.3, 0.4) is 0 Å². The van der Waals surface area contributed by atoms with E-state index >= 15 is 0 Å². The largest absolute Gasteiger partial charge is 0.457 e. The van der Waals surface area contributed by atoms with E-state index in [-0.39, 0.29) is 11.4 Å². The zero-order chi connectivity index (χ0) is 21.2. The summed E-state index contributed by atoms with van der Waals surface area (Å²) in [5, 5.41) is 11.6. The lowest BCUT2D eigenvalue weighted by molar-refractivity contribution is -0.384. The zero-order valence-electron chi connectivity index (χ0n) is 16.6. The van der Waals surface area contributed by atoms with Crippen molar-refractivity contribution in [2.24, 2.45) is 4.74 Å². The van der Waals surface area contributed by atoms with Crippen molar-refractivity contribution in [1.82, 2.24) is 0 Å². The molecule has 29 heavy (non-hydrogen) atoms. The molecule has 0 N–H and O–H groups in total. The first-order valence-electron chi connectivity index (χ1n) is 9.00. The third-order valence-electron chi connectivity index (χ3n) is 4.29. The summed E-state index contributed by atoms with van der Waals surface area (Å²) in [6.45, 7) is 7.80. The van der Waals surface area contributed by atoms with Gasteiger partial charge in [0.2, 0.25) is 7.28 Å². The number of nitro benzene ring substituents is 1. The van der Waals surface area contributed by atoms with Crippen molar-refractivity contribution in [3.63, 3.8) is 0 Å². The summed E-state index contributed by atoms with van der Waals surface area (Å²) >= 11 is 6.15. The summed E-state index contributed by atoms with van der Waals surface area (Å²) in [6, 6.07) is 17.1. The summed E-state index contributed by atoms with van der Waals surface area (Å²) in [6.07, 6.45) is 0. The van der Waals surface area contributed by atoms with Crippen LogP contribution in [0.1, 0.15) is 26.5 Å².